The van der Waals surface area contributed by atoms with Crippen LogP contribution in [0.1, 0.15) is 42.2 Å². The largest absolute Gasteiger partial charge is 0.339 e. The Hall–Kier alpha value is -1.65. The van der Waals surface area contributed by atoms with Crippen molar-refractivity contribution in [3.05, 3.63) is 58.3 Å². The van der Waals surface area contributed by atoms with Gasteiger partial charge in [0.15, 0.2) is 6.54 Å². The Morgan fingerprint density at radius 1 is 1.04 bits per heavy atom. The van der Waals surface area contributed by atoms with Crippen LogP contribution >= 0.6 is 11.3 Å². The second-order valence-corrected chi connectivity index (χ2v) is 7.25. The average Bonchev–Trinajstić information content (AvgIpc) is 2.99. The monoisotopic (exact) mass is 329 g/mol. The van der Waals surface area contributed by atoms with E-state index in [9.17, 15) is 4.79 Å². The Balaban J connectivity index is 1.67. The van der Waals surface area contributed by atoms with Gasteiger partial charge in [0.2, 0.25) is 0 Å². The molecule has 0 bridgehead atoms. The summed E-state index contributed by atoms with van der Waals surface area (Å²) in [6.07, 6.45) is 5.12. The van der Waals surface area contributed by atoms with Crippen LogP contribution in [0.5, 0.6) is 0 Å². The van der Waals surface area contributed by atoms with Crippen molar-refractivity contribution in [3.63, 3.8) is 0 Å². The SMILES string of the molecule is O=C(C[NH+]1CCCCCC1)N[C@@H](c1ccccc1)c1cccs1. The molecule has 0 radical (unpaired) electrons. The first kappa shape index (κ1) is 16.2. The summed E-state index contributed by atoms with van der Waals surface area (Å²) in [6.45, 7) is 2.85. The zero-order valence-electron chi connectivity index (χ0n) is 13.5. The summed E-state index contributed by atoms with van der Waals surface area (Å²) in [5.41, 5.74) is 1.15. The molecule has 1 aromatic heterocycles. The summed E-state index contributed by atoms with van der Waals surface area (Å²) in [7, 11) is 0. The third kappa shape index (κ3) is 4.66. The topological polar surface area (TPSA) is 33.5 Å². The number of quaternary nitrogens is 1. The maximum Gasteiger partial charge on any atom is 0.275 e. The van der Waals surface area contributed by atoms with Crippen LogP contribution in [-0.2, 0) is 4.79 Å². The highest BCUT2D eigenvalue weighted by atomic mass is 32.1. The van der Waals surface area contributed by atoms with Crippen LogP contribution in [-0.4, -0.2) is 25.5 Å². The van der Waals surface area contributed by atoms with Crippen molar-refractivity contribution < 1.29 is 9.69 Å². The van der Waals surface area contributed by atoms with Crippen LogP contribution < -0.4 is 10.2 Å². The van der Waals surface area contributed by atoms with E-state index in [0.29, 0.717) is 6.54 Å². The Labute approximate surface area is 142 Å². The van der Waals surface area contributed by atoms with Gasteiger partial charge in [-0.2, -0.15) is 0 Å². The maximum atomic E-state index is 12.6. The van der Waals surface area contributed by atoms with Gasteiger partial charge in [-0.05, 0) is 42.7 Å². The van der Waals surface area contributed by atoms with Crippen LogP contribution in [0.15, 0.2) is 47.8 Å². The first-order chi connectivity index (χ1) is 11.3. The Morgan fingerprint density at radius 3 is 2.43 bits per heavy atom. The smallest absolute Gasteiger partial charge is 0.275 e. The van der Waals surface area contributed by atoms with Crippen molar-refractivity contribution in [2.24, 2.45) is 0 Å². The molecule has 1 aliphatic rings. The number of likely N-dealkylation sites (tertiary alicyclic amines) is 1. The summed E-state index contributed by atoms with van der Waals surface area (Å²) in [4.78, 5) is 15.2. The van der Waals surface area contributed by atoms with Gasteiger partial charge in [-0.15, -0.1) is 11.3 Å². The molecule has 4 heteroatoms. The minimum atomic E-state index is -0.0323. The van der Waals surface area contributed by atoms with Gasteiger partial charge in [-0.3, -0.25) is 4.79 Å². The van der Waals surface area contributed by atoms with Gasteiger partial charge < -0.3 is 10.2 Å². The lowest BCUT2D eigenvalue weighted by molar-refractivity contribution is -0.891. The Morgan fingerprint density at radius 2 is 1.78 bits per heavy atom. The molecule has 1 aromatic carbocycles. The van der Waals surface area contributed by atoms with E-state index in [1.54, 1.807) is 11.3 Å². The fourth-order valence-corrected chi connectivity index (χ4v) is 4.07. The van der Waals surface area contributed by atoms with Gasteiger partial charge in [-0.1, -0.05) is 36.4 Å². The molecule has 0 unspecified atom stereocenters. The summed E-state index contributed by atoms with van der Waals surface area (Å²) >= 11 is 1.70. The number of thiophene rings is 1. The second-order valence-electron chi connectivity index (χ2n) is 6.27. The standard InChI is InChI=1S/C19H24N2OS/c22-18(15-21-12-6-1-2-7-13-21)20-19(17-11-8-14-23-17)16-9-4-3-5-10-16/h3-5,8-11,14,19H,1-2,6-7,12-13,15H2,(H,20,22)/p+1/t19-/m0/s1. The zero-order chi connectivity index (χ0) is 15.9. The predicted octanol–water partition coefficient (Wildman–Crippen LogP) is 2.41. The number of benzene rings is 1. The predicted molar refractivity (Wildman–Crippen MR) is 94.8 cm³/mol. The Bertz CT molecular complexity index is 589. The minimum absolute atomic E-state index is 0.0323. The van der Waals surface area contributed by atoms with Crippen LogP contribution in [0.3, 0.4) is 0 Å². The third-order valence-electron chi connectivity index (χ3n) is 4.49. The normalized spacial score (nSPS) is 17.4. The molecule has 3 rings (SSSR count). The summed E-state index contributed by atoms with van der Waals surface area (Å²) < 4.78 is 0. The lowest BCUT2D eigenvalue weighted by atomic mass is 10.1. The van der Waals surface area contributed by atoms with Crippen molar-refractivity contribution in [2.75, 3.05) is 19.6 Å². The number of amides is 1. The average molecular weight is 329 g/mol. The number of rotatable bonds is 5. The molecule has 23 heavy (non-hydrogen) atoms. The van der Waals surface area contributed by atoms with Gasteiger partial charge >= 0.3 is 0 Å². The number of nitrogens with one attached hydrogen (secondary N) is 2. The number of carbonyl (C=O) groups is 1. The van der Waals surface area contributed by atoms with E-state index < -0.39 is 0 Å². The first-order valence-electron chi connectivity index (χ1n) is 8.54. The molecule has 1 atom stereocenters. The van der Waals surface area contributed by atoms with E-state index in [2.05, 4.69) is 28.9 Å². The lowest BCUT2D eigenvalue weighted by Crippen LogP contribution is -3.13. The number of hydrogen-bond acceptors (Lipinski definition) is 2. The fraction of sp³-hybridized carbons (Fsp3) is 0.421. The van der Waals surface area contributed by atoms with Crippen LogP contribution in [0.2, 0.25) is 0 Å². The highest BCUT2D eigenvalue weighted by Gasteiger charge is 2.21. The molecule has 3 nitrogen and oxygen atoms in total. The quantitative estimate of drug-likeness (QED) is 0.868. The highest BCUT2D eigenvalue weighted by molar-refractivity contribution is 7.10. The van der Waals surface area contributed by atoms with Gasteiger partial charge in [-0.25, -0.2) is 0 Å². The van der Waals surface area contributed by atoms with Gasteiger partial charge in [0, 0.05) is 4.88 Å². The zero-order valence-corrected chi connectivity index (χ0v) is 14.3. The molecule has 122 valence electrons. The molecule has 2 N–H and O–H groups in total. The molecule has 2 aromatic rings. The Kier molecular flexibility index (Phi) is 5.83. The molecule has 1 fully saturated rings. The van der Waals surface area contributed by atoms with E-state index >= 15 is 0 Å². The molecular formula is C19H25N2OS+. The fourth-order valence-electron chi connectivity index (χ4n) is 3.26. The lowest BCUT2D eigenvalue weighted by Gasteiger charge is -2.21. The van der Waals surface area contributed by atoms with Crippen LogP contribution in [0, 0.1) is 0 Å². The summed E-state index contributed by atoms with van der Waals surface area (Å²) in [5, 5.41) is 5.32. The first-order valence-corrected chi connectivity index (χ1v) is 9.42. The molecule has 0 aliphatic carbocycles. The molecule has 1 amide bonds. The minimum Gasteiger partial charge on any atom is -0.339 e. The third-order valence-corrected chi connectivity index (χ3v) is 5.42. The van der Waals surface area contributed by atoms with Crippen LogP contribution in [0.4, 0.5) is 0 Å². The highest BCUT2D eigenvalue weighted by Crippen LogP contribution is 2.25. The van der Waals surface area contributed by atoms with Crippen LogP contribution in [0.25, 0.3) is 0 Å². The summed E-state index contributed by atoms with van der Waals surface area (Å²) in [5.74, 6) is 0.157. The maximum absolute atomic E-state index is 12.6. The van der Waals surface area contributed by atoms with Gasteiger partial charge in [0.25, 0.3) is 5.91 Å². The molecule has 0 saturated carbocycles. The second kappa shape index (κ2) is 8.27. The van der Waals surface area contributed by atoms with Crippen molar-refractivity contribution in [3.8, 4) is 0 Å². The molecule has 1 saturated heterocycles. The summed E-state index contributed by atoms with van der Waals surface area (Å²) in [6, 6.07) is 14.4. The van der Waals surface area contributed by atoms with E-state index in [4.69, 9.17) is 0 Å². The van der Waals surface area contributed by atoms with E-state index in [1.165, 1.54) is 35.5 Å². The molecule has 2 heterocycles. The van der Waals surface area contributed by atoms with E-state index in [0.717, 1.165) is 18.7 Å². The van der Waals surface area contributed by atoms with Crippen molar-refractivity contribution in [1.29, 1.82) is 0 Å². The number of carbonyl (C=O) groups excluding carboxylic acids is 1. The number of hydrogen-bond donors (Lipinski definition) is 2. The molecule has 0 spiro atoms. The van der Waals surface area contributed by atoms with Crippen molar-refractivity contribution in [1.82, 2.24) is 5.32 Å². The molecular weight excluding hydrogens is 304 g/mol. The molecule has 1 aliphatic heterocycles. The van der Waals surface area contributed by atoms with E-state index in [1.807, 2.05) is 24.3 Å². The van der Waals surface area contributed by atoms with Crippen molar-refractivity contribution >= 4 is 17.2 Å². The van der Waals surface area contributed by atoms with Crippen molar-refractivity contribution in [2.45, 2.75) is 31.7 Å². The van der Waals surface area contributed by atoms with Gasteiger partial charge in [0.1, 0.15) is 0 Å². The van der Waals surface area contributed by atoms with E-state index in [-0.39, 0.29) is 11.9 Å². The van der Waals surface area contributed by atoms with Gasteiger partial charge in [0.05, 0.1) is 19.1 Å².